The van der Waals surface area contributed by atoms with Gasteiger partial charge >= 0.3 is 5.97 Å². The van der Waals surface area contributed by atoms with Crippen LogP contribution in [0.15, 0.2) is 42.0 Å². The summed E-state index contributed by atoms with van der Waals surface area (Å²) >= 11 is 0. The Morgan fingerprint density at radius 1 is 0.902 bits per heavy atom. The van der Waals surface area contributed by atoms with Gasteiger partial charge in [0.1, 0.15) is 6.61 Å². The van der Waals surface area contributed by atoms with E-state index in [1.807, 2.05) is 30.3 Å². The van der Waals surface area contributed by atoms with Crippen LogP contribution >= 0.6 is 0 Å². The summed E-state index contributed by atoms with van der Waals surface area (Å²) in [5.41, 5.74) is 8.54. The molecule has 41 heavy (non-hydrogen) atoms. The van der Waals surface area contributed by atoms with E-state index in [-0.39, 0.29) is 50.9 Å². The number of ether oxygens (including phenoxy) is 1. The minimum absolute atomic E-state index is 0.0302. The van der Waals surface area contributed by atoms with Crippen molar-refractivity contribution in [2.45, 2.75) is 119 Å². The highest BCUT2D eigenvalue weighted by Crippen LogP contribution is 2.75. The summed E-state index contributed by atoms with van der Waals surface area (Å²) in [6, 6.07) is 10.2. The molecule has 5 aliphatic rings. The van der Waals surface area contributed by atoms with Gasteiger partial charge in [0.05, 0.1) is 5.41 Å². The molecular weight excluding hydrogens is 506 g/mol. The monoisotopic (exact) mass is 559 g/mol. The van der Waals surface area contributed by atoms with E-state index in [9.17, 15) is 9.59 Å². The first kappa shape index (κ1) is 29.1. The zero-order chi connectivity index (χ0) is 29.6. The van der Waals surface area contributed by atoms with Gasteiger partial charge in [-0.1, -0.05) is 77.4 Å². The van der Waals surface area contributed by atoms with Crippen LogP contribution in [0.5, 0.6) is 0 Å². The molecule has 0 heterocycles. The maximum absolute atomic E-state index is 14.5. The molecule has 0 radical (unpaired) electrons. The molecule has 0 saturated heterocycles. The lowest BCUT2D eigenvalue weighted by Crippen LogP contribution is -2.67. The van der Waals surface area contributed by atoms with Crippen molar-refractivity contribution in [2.24, 2.45) is 56.0 Å². The Hall–Kier alpha value is -1.94. The number of carbonyl (C=O) groups excluding carboxylic acids is 2. The van der Waals surface area contributed by atoms with Crippen molar-refractivity contribution in [3.05, 3.63) is 47.5 Å². The van der Waals surface area contributed by atoms with Gasteiger partial charge in [-0.05, 0) is 115 Å². The second-order valence-corrected chi connectivity index (χ2v) is 16.8. The molecule has 5 aliphatic carbocycles. The summed E-state index contributed by atoms with van der Waals surface area (Å²) in [5.74, 6) is 0.987. The summed E-state index contributed by atoms with van der Waals surface area (Å²) in [6.45, 7) is 16.9. The van der Waals surface area contributed by atoms with E-state index in [0.717, 1.165) is 63.4 Å². The summed E-state index contributed by atoms with van der Waals surface area (Å²) in [7, 11) is 0. The lowest BCUT2D eigenvalue weighted by atomic mass is 9.33. The second kappa shape index (κ2) is 9.28. The lowest BCUT2D eigenvalue weighted by molar-refractivity contribution is -0.188. The van der Waals surface area contributed by atoms with Crippen LogP contribution in [0.25, 0.3) is 0 Å². The molecule has 0 aromatic heterocycles. The third-order valence-corrected chi connectivity index (χ3v) is 14.4. The van der Waals surface area contributed by atoms with E-state index in [2.05, 4.69) is 54.5 Å². The van der Waals surface area contributed by atoms with Gasteiger partial charge in [0.2, 0.25) is 0 Å². The number of benzene rings is 1. The number of hydrogen-bond acceptors (Lipinski definition) is 4. The van der Waals surface area contributed by atoms with Crippen LogP contribution in [0.4, 0.5) is 0 Å². The van der Waals surface area contributed by atoms with Crippen molar-refractivity contribution in [1.29, 1.82) is 0 Å². The van der Waals surface area contributed by atoms with Gasteiger partial charge in [0.15, 0.2) is 5.78 Å². The zero-order valence-corrected chi connectivity index (χ0v) is 26.6. The summed E-state index contributed by atoms with van der Waals surface area (Å²) in [6.07, 6.45) is 11.3. The van der Waals surface area contributed by atoms with Crippen LogP contribution in [-0.2, 0) is 20.9 Å². The number of hydrogen-bond donors (Lipinski definition) is 1. The molecule has 1 aromatic rings. The fourth-order valence-corrected chi connectivity index (χ4v) is 11.3. The number of ketones is 1. The summed E-state index contributed by atoms with van der Waals surface area (Å²) < 4.78 is 5.94. The standard InChI is InChI=1S/C37H53NO3/c1-32(2)28-13-16-37(7)30(35(28,5)15-14-29(32)38)27(39)21-25-26-22-34(4,18-17-33(26,3)19-20-36(25,37)6)31(40)41-23-24-11-9-8-10-12-24/h8-12,21,26,28-30H,13-20,22-23,38H2,1-7H3/t26?,28-,29?,30+,33+,34-,35?,36+,37+/m0/s1. The smallest absolute Gasteiger partial charge is 0.312 e. The predicted octanol–water partition coefficient (Wildman–Crippen LogP) is 8.04. The van der Waals surface area contributed by atoms with Crippen LogP contribution in [0, 0.1) is 50.2 Å². The van der Waals surface area contributed by atoms with Crippen LogP contribution in [0.1, 0.15) is 112 Å². The summed E-state index contributed by atoms with van der Waals surface area (Å²) in [4.78, 5) is 28.2. The molecule has 0 aliphatic heterocycles. The highest BCUT2D eigenvalue weighted by molar-refractivity contribution is 5.95. The van der Waals surface area contributed by atoms with Crippen molar-refractivity contribution in [3.63, 3.8) is 0 Å². The molecular formula is C37H53NO3. The minimum atomic E-state index is -0.536. The Morgan fingerprint density at radius 2 is 1.59 bits per heavy atom. The molecule has 4 heteroatoms. The van der Waals surface area contributed by atoms with E-state index in [0.29, 0.717) is 18.3 Å². The fourth-order valence-electron chi connectivity index (χ4n) is 11.3. The second-order valence-electron chi connectivity index (χ2n) is 16.8. The van der Waals surface area contributed by atoms with Crippen LogP contribution < -0.4 is 5.73 Å². The third kappa shape index (κ3) is 4.01. The maximum atomic E-state index is 14.5. The molecule has 3 unspecified atom stereocenters. The van der Waals surface area contributed by atoms with Crippen molar-refractivity contribution >= 4 is 11.8 Å². The number of nitrogens with two attached hydrogens (primary N) is 1. The van der Waals surface area contributed by atoms with E-state index in [1.165, 1.54) is 5.57 Å². The third-order valence-electron chi connectivity index (χ3n) is 14.4. The first-order valence-electron chi connectivity index (χ1n) is 16.3. The average Bonchev–Trinajstić information content (AvgIpc) is 2.92. The fraction of sp³-hybridized carbons (Fsp3) is 0.730. The molecule has 0 bridgehead atoms. The Bertz CT molecular complexity index is 1270. The first-order valence-corrected chi connectivity index (χ1v) is 16.3. The normalized spacial score (nSPS) is 46.7. The van der Waals surface area contributed by atoms with Crippen LogP contribution in [-0.4, -0.2) is 17.8 Å². The molecule has 4 nitrogen and oxygen atoms in total. The molecule has 224 valence electrons. The molecule has 2 N–H and O–H groups in total. The van der Waals surface area contributed by atoms with Crippen LogP contribution in [0.2, 0.25) is 0 Å². The Morgan fingerprint density at radius 3 is 2.29 bits per heavy atom. The predicted molar refractivity (Wildman–Crippen MR) is 164 cm³/mol. The quantitative estimate of drug-likeness (QED) is 0.381. The maximum Gasteiger partial charge on any atom is 0.312 e. The zero-order valence-electron chi connectivity index (χ0n) is 26.6. The first-order chi connectivity index (χ1) is 19.1. The van der Waals surface area contributed by atoms with E-state index >= 15 is 0 Å². The lowest BCUT2D eigenvalue weighted by Gasteiger charge is -2.70. The largest absolute Gasteiger partial charge is 0.460 e. The van der Waals surface area contributed by atoms with Crippen LogP contribution in [0.3, 0.4) is 0 Å². The number of rotatable bonds is 3. The average molecular weight is 560 g/mol. The summed E-state index contributed by atoms with van der Waals surface area (Å²) in [5, 5.41) is 0. The number of carbonyl (C=O) groups is 2. The van der Waals surface area contributed by atoms with E-state index < -0.39 is 5.41 Å². The van der Waals surface area contributed by atoms with Crippen molar-refractivity contribution in [2.75, 3.05) is 0 Å². The van der Waals surface area contributed by atoms with Gasteiger partial charge in [0, 0.05) is 12.0 Å². The number of esters is 1. The van der Waals surface area contributed by atoms with Crippen molar-refractivity contribution in [3.8, 4) is 0 Å². The molecule has 9 atom stereocenters. The van der Waals surface area contributed by atoms with Gasteiger partial charge in [-0.15, -0.1) is 0 Å². The number of allylic oxidation sites excluding steroid dienone is 2. The van der Waals surface area contributed by atoms with Crippen molar-refractivity contribution < 1.29 is 14.3 Å². The van der Waals surface area contributed by atoms with Gasteiger partial charge in [-0.25, -0.2) is 0 Å². The highest BCUT2D eigenvalue weighted by Gasteiger charge is 2.70. The Balaban J connectivity index is 1.34. The SMILES string of the molecule is CC1(C)C(N)CCC2(C)[C@H]3C(=O)C=C4C5C[C@@](C)(C(=O)OCc6ccccc6)CC[C@]5(C)CC[C@@]4(C)[C@]3(C)CC[C@@H]12. The molecule has 0 amide bonds. The number of fused-ring (bicyclic) bond motifs is 7. The van der Waals surface area contributed by atoms with Gasteiger partial charge in [-0.2, -0.15) is 0 Å². The molecule has 4 fully saturated rings. The Labute approximate surface area is 248 Å². The molecule has 6 rings (SSSR count). The Kier molecular flexibility index (Phi) is 6.60. The van der Waals surface area contributed by atoms with Crippen molar-refractivity contribution in [1.82, 2.24) is 0 Å². The minimum Gasteiger partial charge on any atom is -0.460 e. The topological polar surface area (TPSA) is 69.4 Å². The highest BCUT2D eigenvalue weighted by atomic mass is 16.5. The van der Waals surface area contributed by atoms with Gasteiger partial charge in [-0.3, -0.25) is 9.59 Å². The molecule has 1 aromatic carbocycles. The van der Waals surface area contributed by atoms with Gasteiger partial charge in [0.25, 0.3) is 0 Å². The van der Waals surface area contributed by atoms with E-state index in [1.54, 1.807) is 0 Å². The van der Waals surface area contributed by atoms with E-state index in [4.69, 9.17) is 10.5 Å². The van der Waals surface area contributed by atoms with Gasteiger partial charge < -0.3 is 10.5 Å². The molecule has 4 saturated carbocycles. The molecule has 0 spiro atoms.